The van der Waals surface area contributed by atoms with Gasteiger partial charge in [-0.3, -0.25) is 4.90 Å². The summed E-state index contributed by atoms with van der Waals surface area (Å²) < 4.78 is 4.69. The van der Waals surface area contributed by atoms with E-state index in [1.807, 2.05) is 12.1 Å². The Kier molecular flexibility index (Phi) is 5.49. The fraction of sp³-hybridized carbons (Fsp3) is 0.600. The van der Waals surface area contributed by atoms with Crippen LogP contribution < -0.4 is 0 Å². The number of hydrogen-bond acceptors (Lipinski definition) is 5. The molecule has 0 saturated carbocycles. The van der Waals surface area contributed by atoms with Gasteiger partial charge >= 0.3 is 5.97 Å². The summed E-state index contributed by atoms with van der Waals surface area (Å²) in [5.41, 5.74) is 1.25. The molecule has 1 N–H and O–H groups in total. The molecule has 1 aliphatic rings. The second kappa shape index (κ2) is 7.36. The third-order valence-electron chi connectivity index (χ3n) is 3.76. The molecule has 1 aromatic heterocycles. The lowest BCUT2D eigenvalue weighted by Crippen LogP contribution is -2.29. The van der Waals surface area contributed by atoms with Gasteiger partial charge in [0.05, 0.1) is 12.8 Å². The molecule has 5 heteroatoms. The van der Waals surface area contributed by atoms with Crippen LogP contribution in [0.3, 0.4) is 0 Å². The Hall–Kier alpha value is -1.46. The number of rotatable bonds is 6. The number of hydrogen-bond donors (Lipinski definition) is 1. The fourth-order valence-corrected chi connectivity index (χ4v) is 2.75. The maximum absolute atomic E-state index is 11.5. The van der Waals surface area contributed by atoms with Crippen LogP contribution in [0.5, 0.6) is 0 Å². The van der Waals surface area contributed by atoms with E-state index in [0.717, 1.165) is 31.6 Å². The number of aliphatic hydroxyl groups excluding tert-OH is 1. The Bertz CT molecular complexity index is 450. The van der Waals surface area contributed by atoms with E-state index in [-0.39, 0.29) is 6.61 Å². The fourth-order valence-electron chi connectivity index (χ4n) is 2.75. The molecule has 5 nitrogen and oxygen atoms in total. The lowest BCUT2D eigenvalue weighted by Gasteiger charge is -2.23. The van der Waals surface area contributed by atoms with Crippen molar-refractivity contribution in [2.45, 2.75) is 38.3 Å². The highest BCUT2D eigenvalue weighted by molar-refractivity contribution is 5.87. The van der Waals surface area contributed by atoms with Gasteiger partial charge in [0.1, 0.15) is 5.69 Å². The Morgan fingerprint density at radius 2 is 2.40 bits per heavy atom. The Balaban J connectivity index is 2.00. The topological polar surface area (TPSA) is 62.7 Å². The molecule has 2 heterocycles. The predicted molar refractivity (Wildman–Crippen MR) is 75.3 cm³/mol. The molecule has 2 rings (SSSR count). The molecule has 0 bridgehead atoms. The quantitative estimate of drug-likeness (QED) is 0.801. The number of pyridine rings is 1. The lowest BCUT2D eigenvalue weighted by molar-refractivity contribution is 0.0593. The molecular weight excluding hydrogens is 256 g/mol. The zero-order valence-electron chi connectivity index (χ0n) is 11.9. The van der Waals surface area contributed by atoms with Gasteiger partial charge in [0.2, 0.25) is 0 Å². The maximum Gasteiger partial charge on any atom is 0.356 e. The average molecular weight is 278 g/mol. The van der Waals surface area contributed by atoms with E-state index in [4.69, 9.17) is 9.84 Å². The first kappa shape index (κ1) is 14.9. The zero-order valence-corrected chi connectivity index (χ0v) is 11.9. The highest BCUT2D eigenvalue weighted by atomic mass is 16.5. The number of aliphatic hydroxyl groups is 1. The van der Waals surface area contributed by atoms with E-state index in [1.54, 1.807) is 6.07 Å². The summed E-state index contributed by atoms with van der Waals surface area (Å²) in [5, 5.41) is 8.94. The molecule has 0 spiro atoms. The van der Waals surface area contributed by atoms with Crippen molar-refractivity contribution >= 4 is 5.97 Å². The molecule has 1 atom stereocenters. The predicted octanol–water partition coefficient (Wildman–Crippen LogP) is 1.61. The molecular formula is C15H22N2O3. The molecule has 0 aliphatic carbocycles. The van der Waals surface area contributed by atoms with Gasteiger partial charge < -0.3 is 9.84 Å². The van der Waals surface area contributed by atoms with Crippen molar-refractivity contribution in [3.8, 4) is 0 Å². The molecule has 110 valence electrons. The third kappa shape index (κ3) is 3.77. The van der Waals surface area contributed by atoms with Crippen LogP contribution in [0.4, 0.5) is 0 Å². The number of methoxy groups -OCH3 is 1. The first-order valence-electron chi connectivity index (χ1n) is 7.13. The Morgan fingerprint density at radius 3 is 3.15 bits per heavy atom. The molecule has 1 unspecified atom stereocenters. The smallest absolute Gasteiger partial charge is 0.356 e. The van der Waals surface area contributed by atoms with Gasteiger partial charge in [-0.15, -0.1) is 0 Å². The summed E-state index contributed by atoms with van der Waals surface area (Å²) in [6, 6.07) is 5.97. The van der Waals surface area contributed by atoms with Gasteiger partial charge in [0.25, 0.3) is 0 Å². The van der Waals surface area contributed by atoms with E-state index >= 15 is 0 Å². The van der Waals surface area contributed by atoms with Crippen LogP contribution in [0.2, 0.25) is 0 Å². The van der Waals surface area contributed by atoms with Crippen LogP contribution in [0, 0.1) is 0 Å². The van der Waals surface area contributed by atoms with Gasteiger partial charge in [-0.05, 0) is 44.4 Å². The van der Waals surface area contributed by atoms with Crippen LogP contribution in [0.1, 0.15) is 41.9 Å². The highest BCUT2D eigenvalue weighted by Crippen LogP contribution is 2.23. The standard InChI is InChI=1S/C15H22N2O3/c1-20-15(19)14-8-2-5-12(16-14)11-17-9-3-6-13(17)7-4-10-18/h2,5,8,13,18H,3-4,6-7,9-11H2,1H3. The number of ether oxygens (including phenoxy) is 1. The van der Waals surface area contributed by atoms with Crippen molar-refractivity contribution in [1.29, 1.82) is 0 Å². The minimum absolute atomic E-state index is 0.250. The molecule has 1 saturated heterocycles. The van der Waals surface area contributed by atoms with Crippen LogP contribution >= 0.6 is 0 Å². The summed E-state index contributed by atoms with van der Waals surface area (Å²) >= 11 is 0. The summed E-state index contributed by atoms with van der Waals surface area (Å²) in [6.45, 7) is 2.06. The molecule has 1 aliphatic heterocycles. The molecule has 0 aromatic carbocycles. The number of carbonyl (C=O) groups excluding carboxylic acids is 1. The SMILES string of the molecule is COC(=O)c1cccc(CN2CCCC2CCCO)n1. The van der Waals surface area contributed by atoms with E-state index in [0.29, 0.717) is 11.7 Å². The van der Waals surface area contributed by atoms with Crippen molar-refractivity contribution in [3.05, 3.63) is 29.6 Å². The summed E-state index contributed by atoms with van der Waals surface area (Å²) in [5.74, 6) is -0.398. The van der Waals surface area contributed by atoms with Gasteiger partial charge in [-0.25, -0.2) is 9.78 Å². The van der Waals surface area contributed by atoms with Crippen LogP contribution in [-0.4, -0.2) is 47.3 Å². The maximum atomic E-state index is 11.5. The van der Waals surface area contributed by atoms with E-state index in [2.05, 4.69) is 9.88 Å². The summed E-state index contributed by atoms with van der Waals surface area (Å²) in [7, 11) is 1.36. The van der Waals surface area contributed by atoms with Crippen molar-refractivity contribution in [3.63, 3.8) is 0 Å². The summed E-state index contributed by atoms with van der Waals surface area (Å²) in [6.07, 6.45) is 4.23. The molecule has 1 fully saturated rings. The number of aromatic nitrogens is 1. The number of nitrogens with zero attached hydrogens (tertiary/aromatic N) is 2. The molecule has 0 amide bonds. The highest BCUT2D eigenvalue weighted by Gasteiger charge is 2.24. The van der Waals surface area contributed by atoms with Crippen molar-refractivity contribution < 1.29 is 14.6 Å². The minimum atomic E-state index is -0.398. The normalized spacial score (nSPS) is 19.2. The van der Waals surface area contributed by atoms with E-state index < -0.39 is 5.97 Å². The minimum Gasteiger partial charge on any atom is -0.464 e. The van der Waals surface area contributed by atoms with Gasteiger partial charge in [-0.2, -0.15) is 0 Å². The van der Waals surface area contributed by atoms with Gasteiger partial charge in [0, 0.05) is 19.2 Å². The van der Waals surface area contributed by atoms with Crippen molar-refractivity contribution in [2.24, 2.45) is 0 Å². The second-order valence-electron chi connectivity index (χ2n) is 5.14. The molecule has 1 aromatic rings. The average Bonchev–Trinajstić information content (AvgIpc) is 2.91. The van der Waals surface area contributed by atoms with E-state index in [1.165, 1.54) is 20.0 Å². The summed E-state index contributed by atoms with van der Waals surface area (Å²) in [4.78, 5) is 18.2. The third-order valence-corrected chi connectivity index (χ3v) is 3.76. The van der Waals surface area contributed by atoms with Gasteiger partial charge in [-0.1, -0.05) is 6.07 Å². The first-order chi connectivity index (χ1) is 9.74. The van der Waals surface area contributed by atoms with E-state index in [9.17, 15) is 4.79 Å². The monoisotopic (exact) mass is 278 g/mol. The molecule has 0 radical (unpaired) electrons. The first-order valence-corrected chi connectivity index (χ1v) is 7.13. The zero-order chi connectivity index (χ0) is 14.4. The van der Waals surface area contributed by atoms with Crippen LogP contribution in [0.15, 0.2) is 18.2 Å². The number of carbonyl (C=O) groups is 1. The molecule has 20 heavy (non-hydrogen) atoms. The Labute approximate surface area is 119 Å². The lowest BCUT2D eigenvalue weighted by atomic mass is 10.1. The second-order valence-corrected chi connectivity index (χ2v) is 5.14. The van der Waals surface area contributed by atoms with Crippen molar-refractivity contribution in [1.82, 2.24) is 9.88 Å². The van der Waals surface area contributed by atoms with Crippen LogP contribution in [-0.2, 0) is 11.3 Å². The Morgan fingerprint density at radius 1 is 1.55 bits per heavy atom. The largest absolute Gasteiger partial charge is 0.464 e. The van der Waals surface area contributed by atoms with Gasteiger partial charge in [0.15, 0.2) is 0 Å². The van der Waals surface area contributed by atoms with Crippen molar-refractivity contribution in [2.75, 3.05) is 20.3 Å². The van der Waals surface area contributed by atoms with Crippen LogP contribution in [0.25, 0.3) is 0 Å². The number of likely N-dealkylation sites (tertiary alicyclic amines) is 1. The number of esters is 1.